The molecule has 0 spiro atoms. The highest BCUT2D eigenvalue weighted by Gasteiger charge is 2.29. The van der Waals surface area contributed by atoms with E-state index < -0.39 is 9.84 Å². The molecular formula is C12H24N2O3S. The van der Waals surface area contributed by atoms with Crippen LogP contribution in [0.1, 0.15) is 39.0 Å². The number of nitrogens with two attached hydrogens (primary N) is 1. The molecule has 3 N–H and O–H groups in total. The molecule has 0 saturated carbocycles. The van der Waals surface area contributed by atoms with Crippen LogP contribution >= 0.6 is 0 Å². The normalized spacial score (nSPS) is 23.8. The third kappa shape index (κ3) is 5.35. The minimum absolute atomic E-state index is 0.0143. The summed E-state index contributed by atoms with van der Waals surface area (Å²) in [6, 6.07) is 0.0236. The van der Waals surface area contributed by atoms with Gasteiger partial charge >= 0.3 is 0 Å². The minimum Gasteiger partial charge on any atom is -0.352 e. The SMILES string of the molecule is CCCCC(CN)NC(=O)CC1CCS(=O)(=O)C1. The zero-order valence-corrected chi connectivity index (χ0v) is 11.8. The Balaban J connectivity index is 2.32. The first-order valence-corrected chi connectivity index (χ1v) is 8.49. The monoisotopic (exact) mass is 276 g/mol. The van der Waals surface area contributed by atoms with Crippen molar-refractivity contribution in [1.82, 2.24) is 5.32 Å². The summed E-state index contributed by atoms with van der Waals surface area (Å²) in [6.07, 6.45) is 3.93. The van der Waals surface area contributed by atoms with E-state index in [4.69, 9.17) is 5.73 Å². The van der Waals surface area contributed by atoms with E-state index in [9.17, 15) is 13.2 Å². The van der Waals surface area contributed by atoms with E-state index in [-0.39, 0.29) is 29.4 Å². The van der Waals surface area contributed by atoms with Gasteiger partial charge in [0.05, 0.1) is 11.5 Å². The fourth-order valence-electron chi connectivity index (χ4n) is 2.28. The molecule has 1 amide bonds. The van der Waals surface area contributed by atoms with E-state index in [0.717, 1.165) is 19.3 Å². The molecule has 6 heteroatoms. The molecule has 1 heterocycles. The Morgan fingerprint density at radius 3 is 2.72 bits per heavy atom. The largest absolute Gasteiger partial charge is 0.352 e. The summed E-state index contributed by atoms with van der Waals surface area (Å²) < 4.78 is 22.6. The van der Waals surface area contributed by atoms with Gasteiger partial charge in [0.2, 0.25) is 5.91 Å². The minimum atomic E-state index is -2.89. The van der Waals surface area contributed by atoms with Crippen LogP contribution < -0.4 is 11.1 Å². The topological polar surface area (TPSA) is 89.3 Å². The average Bonchev–Trinajstić information content (AvgIpc) is 2.63. The maximum Gasteiger partial charge on any atom is 0.220 e. The molecule has 106 valence electrons. The summed E-state index contributed by atoms with van der Waals surface area (Å²) in [5.74, 6) is 0.298. The Morgan fingerprint density at radius 1 is 1.50 bits per heavy atom. The molecule has 0 aromatic rings. The third-order valence-electron chi connectivity index (χ3n) is 3.36. The van der Waals surface area contributed by atoms with Crippen LogP contribution in [0.4, 0.5) is 0 Å². The van der Waals surface area contributed by atoms with Crippen molar-refractivity contribution in [2.75, 3.05) is 18.1 Å². The number of hydrogen-bond donors (Lipinski definition) is 2. The first-order chi connectivity index (χ1) is 8.46. The van der Waals surface area contributed by atoms with Crippen molar-refractivity contribution in [1.29, 1.82) is 0 Å². The highest BCUT2D eigenvalue weighted by atomic mass is 32.2. The lowest BCUT2D eigenvalue weighted by molar-refractivity contribution is -0.122. The van der Waals surface area contributed by atoms with Crippen molar-refractivity contribution in [3.05, 3.63) is 0 Å². The molecule has 1 aliphatic rings. The molecule has 1 aliphatic heterocycles. The van der Waals surface area contributed by atoms with Gasteiger partial charge in [0.1, 0.15) is 0 Å². The molecular weight excluding hydrogens is 252 g/mol. The summed E-state index contributed by atoms with van der Waals surface area (Å²) in [5.41, 5.74) is 5.60. The fraction of sp³-hybridized carbons (Fsp3) is 0.917. The van der Waals surface area contributed by atoms with Crippen molar-refractivity contribution in [3.8, 4) is 0 Å². The molecule has 0 aromatic carbocycles. The number of unbranched alkanes of at least 4 members (excludes halogenated alkanes) is 1. The van der Waals surface area contributed by atoms with Crippen molar-refractivity contribution in [2.24, 2.45) is 11.7 Å². The number of rotatable bonds is 7. The molecule has 0 aliphatic carbocycles. The molecule has 1 rings (SSSR count). The van der Waals surface area contributed by atoms with E-state index in [1.807, 2.05) is 0 Å². The summed E-state index contributed by atoms with van der Waals surface area (Å²) >= 11 is 0. The van der Waals surface area contributed by atoms with Gasteiger partial charge in [-0.2, -0.15) is 0 Å². The maximum absolute atomic E-state index is 11.8. The fourth-order valence-corrected chi connectivity index (χ4v) is 4.14. The molecule has 1 fully saturated rings. The number of carbonyl (C=O) groups excluding carboxylic acids is 1. The number of hydrogen-bond acceptors (Lipinski definition) is 4. The Labute approximate surface area is 109 Å². The van der Waals surface area contributed by atoms with E-state index in [0.29, 0.717) is 19.4 Å². The van der Waals surface area contributed by atoms with Crippen LogP contribution in [0.5, 0.6) is 0 Å². The summed E-state index contributed by atoms with van der Waals surface area (Å²) in [4.78, 5) is 11.8. The molecule has 0 aromatic heterocycles. The van der Waals surface area contributed by atoms with Gasteiger partial charge in [-0.3, -0.25) is 4.79 Å². The zero-order valence-electron chi connectivity index (χ0n) is 11.0. The lowest BCUT2D eigenvalue weighted by atomic mass is 10.0. The second-order valence-corrected chi connectivity index (χ2v) is 7.34. The van der Waals surface area contributed by atoms with E-state index in [1.165, 1.54) is 0 Å². The van der Waals surface area contributed by atoms with Gasteiger partial charge in [0, 0.05) is 19.0 Å². The zero-order chi connectivity index (χ0) is 13.6. The Hall–Kier alpha value is -0.620. The molecule has 1 saturated heterocycles. The number of carbonyl (C=O) groups is 1. The van der Waals surface area contributed by atoms with E-state index >= 15 is 0 Å². The third-order valence-corrected chi connectivity index (χ3v) is 5.19. The Morgan fingerprint density at radius 2 is 2.22 bits per heavy atom. The Kier molecular flexibility index (Phi) is 6.08. The Bertz CT molecular complexity index is 368. The van der Waals surface area contributed by atoms with Crippen molar-refractivity contribution >= 4 is 15.7 Å². The van der Waals surface area contributed by atoms with E-state index in [2.05, 4.69) is 12.2 Å². The molecule has 5 nitrogen and oxygen atoms in total. The average molecular weight is 276 g/mol. The van der Waals surface area contributed by atoms with E-state index in [1.54, 1.807) is 0 Å². The van der Waals surface area contributed by atoms with Crippen LogP contribution in [0.25, 0.3) is 0 Å². The van der Waals surface area contributed by atoms with Gasteiger partial charge in [-0.05, 0) is 18.8 Å². The van der Waals surface area contributed by atoms with Crippen LogP contribution in [0.15, 0.2) is 0 Å². The second-order valence-electron chi connectivity index (χ2n) is 5.12. The predicted molar refractivity (Wildman–Crippen MR) is 71.9 cm³/mol. The van der Waals surface area contributed by atoms with Gasteiger partial charge in [0.15, 0.2) is 9.84 Å². The highest BCUT2D eigenvalue weighted by Crippen LogP contribution is 2.21. The van der Waals surface area contributed by atoms with Crippen LogP contribution in [-0.4, -0.2) is 38.4 Å². The lowest BCUT2D eigenvalue weighted by Gasteiger charge is -2.17. The highest BCUT2D eigenvalue weighted by molar-refractivity contribution is 7.91. The van der Waals surface area contributed by atoms with Crippen LogP contribution in [0.2, 0.25) is 0 Å². The number of nitrogens with one attached hydrogen (secondary N) is 1. The maximum atomic E-state index is 11.8. The van der Waals surface area contributed by atoms with Gasteiger partial charge in [0.25, 0.3) is 0 Å². The molecule has 2 atom stereocenters. The second kappa shape index (κ2) is 7.09. The first kappa shape index (κ1) is 15.4. The standard InChI is InChI=1S/C12H24N2O3S/c1-2-3-4-11(8-13)14-12(15)7-10-5-6-18(16,17)9-10/h10-11H,2-9,13H2,1H3,(H,14,15). The predicted octanol–water partition coefficient (Wildman–Crippen LogP) is 0.445. The number of sulfone groups is 1. The molecule has 0 bridgehead atoms. The number of amides is 1. The first-order valence-electron chi connectivity index (χ1n) is 6.66. The van der Waals surface area contributed by atoms with Gasteiger partial charge in [-0.25, -0.2) is 8.42 Å². The summed E-state index contributed by atoms with van der Waals surface area (Å²) in [6.45, 7) is 2.54. The van der Waals surface area contributed by atoms with Gasteiger partial charge < -0.3 is 11.1 Å². The lowest BCUT2D eigenvalue weighted by Crippen LogP contribution is -2.40. The molecule has 2 unspecified atom stereocenters. The van der Waals surface area contributed by atoms with Crippen molar-refractivity contribution < 1.29 is 13.2 Å². The van der Waals surface area contributed by atoms with Crippen molar-refractivity contribution in [3.63, 3.8) is 0 Å². The summed E-state index contributed by atoms with van der Waals surface area (Å²) in [5, 5.41) is 2.90. The smallest absolute Gasteiger partial charge is 0.220 e. The summed E-state index contributed by atoms with van der Waals surface area (Å²) in [7, 11) is -2.89. The molecule has 18 heavy (non-hydrogen) atoms. The van der Waals surface area contributed by atoms with Crippen LogP contribution in [0.3, 0.4) is 0 Å². The van der Waals surface area contributed by atoms with Crippen molar-refractivity contribution in [2.45, 2.75) is 45.1 Å². The van der Waals surface area contributed by atoms with Gasteiger partial charge in [-0.15, -0.1) is 0 Å². The van der Waals surface area contributed by atoms with Crippen LogP contribution in [-0.2, 0) is 14.6 Å². The van der Waals surface area contributed by atoms with Crippen LogP contribution in [0, 0.1) is 5.92 Å². The molecule has 0 radical (unpaired) electrons. The quantitative estimate of drug-likeness (QED) is 0.706. The van der Waals surface area contributed by atoms with Gasteiger partial charge in [-0.1, -0.05) is 19.8 Å².